The number of piperazine rings is 1. The number of anilines is 1. The summed E-state index contributed by atoms with van der Waals surface area (Å²) in [7, 11) is 3.43. The summed E-state index contributed by atoms with van der Waals surface area (Å²) in [6.45, 7) is 20.3. The molecule has 4 aromatic rings. The van der Waals surface area contributed by atoms with Crippen molar-refractivity contribution >= 4 is 45.7 Å². The summed E-state index contributed by atoms with van der Waals surface area (Å²) in [5.74, 6) is -1.13. The molecule has 1 aromatic carbocycles. The highest BCUT2D eigenvalue weighted by Crippen LogP contribution is 2.44. The van der Waals surface area contributed by atoms with Crippen molar-refractivity contribution in [1.82, 2.24) is 40.1 Å². The number of pyridine rings is 1. The summed E-state index contributed by atoms with van der Waals surface area (Å²) in [5.41, 5.74) is 10.2. The van der Waals surface area contributed by atoms with Gasteiger partial charge in [0.25, 0.3) is 5.91 Å². The average molecular weight is 1070 g/mol. The van der Waals surface area contributed by atoms with Gasteiger partial charge in [-0.3, -0.25) is 34.2 Å². The number of esters is 1. The molecule has 19 heteroatoms. The van der Waals surface area contributed by atoms with E-state index in [9.17, 15) is 9.59 Å². The van der Waals surface area contributed by atoms with E-state index in [1.54, 1.807) is 14.2 Å². The minimum Gasteiger partial charge on any atom is -0.464 e. The van der Waals surface area contributed by atoms with Gasteiger partial charge < -0.3 is 43.2 Å². The Hall–Kier alpha value is -4.57. The second-order valence-corrected chi connectivity index (χ2v) is 24.8. The molecule has 11 rings (SSSR count). The van der Waals surface area contributed by atoms with E-state index >= 15 is 4.79 Å². The Morgan fingerprint density at radius 2 is 1.80 bits per heavy atom. The smallest absolute Gasteiger partial charge is 0.324 e. The fraction of sp³-hybridized carbons (Fsp3) is 0.667. The maximum atomic E-state index is 15.1. The lowest BCUT2D eigenvalue weighted by Gasteiger charge is -2.46. The van der Waals surface area contributed by atoms with Gasteiger partial charge in [-0.1, -0.05) is 26.8 Å². The van der Waals surface area contributed by atoms with Crippen LogP contribution in [-0.2, 0) is 55.8 Å². The minimum atomic E-state index is -1.06. The maximum Gasteiger partial charge on any atom is 0.324 e. The fourth-order valence-electron chi connectivity index (χ4n) is 12.3. The normalized spacial score (nSPS) is 28.1. The molecular weight excluding hydrogens is 987 g/mol. The molecule has 2 amide bonds. The number of carbonyl (C=O) groups is 3. The highest BCUT2D eigenvalue weighted by Gasteiger charge is 2.47. The van der Waals surface area contributed by atoms with E-state index in [2.05, 4.69) is 94.3 Å². The van der Waals surface area contributed by atoms with Gasteiger partial charge in [-0.15, -0.1) is 11.3 Å². The van der Waals surface area contributed by atoms with Crippen LogP contribution in [-0.4, -0.2) is 176 Å². The Balaban J connectivity index is 1.06. The van der Waals surface area contributed by atoms with Crippen LogP contribution in [0.2, 0.25) is 0 Å². The Kier molecular flexibility index (Phi) is 15.4. The number of amides is 2. The molecule has 7 atom stereocenters. The van der Waals surface area contributed by atoms with Gasteiger partial charge in [-0.25, -0.2) is 10.4 Å². The van der Waals surface area contributed by atoms with Crippen molar-refractivity contribution in [2.24, 2.45) is 11.3 Å². The number of hydrogen-bond acceptors (Lipinski definition) is 16. The van der Waals surface area contributed by atoms with Crippen LogP contribution in [0.4, 0.5) is 5.69 Å². The highest BCUT2D eigenvalue weighted by molar-refractivity contribution is 7.10. The van der Waals surface area contributed by atoms with E-state index in [1.807, 2.05) is 13.1 Å². The van der Waals surface area contributed by atoms with Crippen LogP contribution >= 0.6 is 11.3 Å². The number of rotatable bonds is 13. The number of fused-ring (bicyclic) bond motifs is 6. The van der Waals surface area contributed by atoms with E-state index in [4.69, 9.17) is 38.4 Å². The summed E-state index contributed by atoms with van der Waals surface area (Å²) in [5, 5.41) is 8.45. The number of benzene rings is 1. The number of carbonyl (C=O) groups excluding carboxylic acids is 3. The summed E-state index contributed by atoms with van der Waals surface area (Å²) in [6.07, 6.45) is 6.89. The molecule has 7 aliphatic rings. The molecule has 9 heterocycles. The van der Waals surface area contributed by atoms with Crippen molar-refractivity contribution in [2.45, 2.75) is 147 Å². The van der Waals surface area contributed by atoms with Gasteiger partial charge in [0.05, 0.1) is 78.7 Å². The molecule has 3 aromatic heterocycles. The lowest BCUT2D eigenvalue weighted by molar-refractivity contribution is -0.164. The SMILES string of the molecule is COC1CN([C@@H]2c3nc(cs3)-c3ccc4c(c3)c(c(-c3cc(N5CCN(C6CC6)CC5)cnc3[C@H](C)OC)n4CCO[C@H]3CCOC(C)(C)C3)CC(C)(C)COC(=O)[C@@H]3CCCN(N3)C(=O)[C@H]2NC(=O)[C@@H]2OC[C@@H]2C)C1. The van der Waals surface area contributed by atoms with Gasteiger partial charge in [0.2, 0.25) is 5.91 Å². The Labute approximate surface area is 451 Å². The summed E-state index contributed by atoms with van der Waals surface area (Å²) in [6, 6.07) is 7.18. The molecule has 6 aliphatic heterocycles. The van der Waals surface area contributed by atoms with Crippen LogP contribution in [0, 0.1) is 11.3 Å². The monoisotopic (exact) mass is 1070 g/mol. The van der Waals surface area contributed by atoms with Gasteiger partial charge in [0, 0.05) is 124 Å². The van der Waals surface area contributed by atoms with E-state index in [0.717, 1.165) is 95.4 Å². The zero-order chi connectivity index (χ0) is 53.0. The molecule has 0 unspecified atom stereocenters. The molecule has 0 radical (unpaired) electrons. The van der Waals surface area contributed by atoms with Crippen molar-refractivity contribution in [1.29, 1.82) is 0 Å². The number of nitrogens with zero attached hydrogens (tertiary/aromatic N) is 7. The van der Waals surface area contributed by atoms with Crippen LogP contribution in [0.1, 0.15) is 108 Å². The van der Waals surface area contributed by atoms with Crippen molar-refractivity contribution in [3.63, 3.8) is 0 Å². The molecule has 6 fully saturated rings. The number of thiazole rings is 1. The Bertz CT molecular complexity index is 2760. The first kappa shape index (κ1) is 53.4. The third kappa shape index (κ3) is 11.1. The van der Waals surface area contributed by atoms with Crippen molar-refractivity contribution in [3.05, 3.63) is 52.1 Å². The number of methoxy groups -OCH3 is 2. The molecule has 6 bridgehead atoms. The van der Waals surface area contributed by atoms with Crippen LogP contribution in [0.15, 0.2) is 35.8 Å². The second-order valence-electron chi connectivity index (χ2n) is 23.9. The van der Waals surface area contributed by atoms with Gasteiger partial charge in [-0.2, -0.15) is 0 Å². The average Bonchev–Trinajstić information content (AvgIpc) is 4.07. The molecule has 2 N–H and O–H groups in total. The topological polar surface area (TPSA) is 174 Å². The predicted molar refractivity (Wildman–Crippen MR) is 290 cm³/mol. The number of aromatic nitrogens is 3. The van der Waals surface area contributed by atoms with Crippen molar-refractivity contribution in [2.75, 3.05) is 91.4 Å². The number of hydrazine groups is 1. The number of ether oxygens (including phenoxy) is 6. The van der Waals surface area contributed by atoms with Gasteiger partial charge in [0.15, 0.2) is 0 Å². The Morgan fingerprint density at radius 3 is 2.51 bits per heavy atom. The predicted octanol–water partition coefficient (Wildman–Crippen LogP) is 6.31. The summed E-state index contributed by atoms with van der Waals surface area (Å²) < 4.78 is 39.3. The molecule has 5 saturated heterocycles. The van der Waals surface area contributed by atoms with Crippen LogP contribution in [0.3, 0.4) is 0 Å². The van der Waals surface area contributed by atoms with Crippen LogP contribution in [0.5, 0.6) is 0 Å². The first-order valence-electron chi connectivity index (χ1n) is 27.9. The third-order valence-corrected chi connectivity index (χ3v) is 17.9. The molecule has 0 spiro atoms. The summed E-state index contributed by atoms with van der Waals surface area (Å²) in [4.78, 5) is 61.4. The fourth-order valence-corrected chi connectivity index (χ4v) is 13.3. The maximum absolute atomic E-state index is 15.1. The number of likely N-dealkylation sites (tertiary alicyclic amines) is 1. The molecule has 76 heavy (non-hydrogen) atoms. The molecular formula is C57H79N9O9S. The molecule has 1 aliphatic carbocycles. The van der Waals surface area contributed by atoms with E-state index in [-0.39, 0.29) is 48.3 Å². The van der Waals surface area contributed by atoms with Crippen LogP contribution < -0.4 is 15.6 Å². The lowest BCUT2D eigenvalue weighted by atomic mass is 9.84. The third-order valence-electron chi connectivity index (χ3n) is 17.0. The number of cyclic esters (lactones) is 1. The van der Waals surface area contributed by atoms with E-state index < -0.39 is 35.6 Å². The molecule has 1 saturated carbocycles. The summed E-state index contributed by atoms with van der Waals surface area (Å²) >= 11 is 1.48. The number of hydrogen-bond donors (Lipinski definition) is 2. The molecule has 18 nitrogen and oxygen atoms in total. The first-order chi connectivity index (χ1) is 36.6. The highest BCUT2D eigenvalue weighted by atomic mass is 32.1. The zero-order valence-corrected chi connectivity index (χ0v) is 46.6. The minimum absolute atomic E-state index is 0.00247. The number of nitrogens with one attached hydrogen (secondary N) is 2. The van der Waals surface area contributed by atoms with E-state index in [0.29, 0.717) is 70.3 Å². The zero-order valence-electron chi connectivity index (χ0n) is 45.8. The quantitative estimate of drug-likeness (QED) is 0.143. The van der Waals surface area contributed by atoms with E-state index in [1.165, 1.54) is 29.2 Å². The van der Waals surface area contributed by atoms with Crippen molar-refractivity contribution < 1.29 is 42.8 Å². The standard InChI is InChI=1S/C57H79N9O9S/c1-34-31-73-51(34)52(67)60-48-50(64-29-40(30-64)71-8)53-59-45(32-76-53)36-11-14-46-41(24-36)43(27-56(3,4)33-74-55(69)44-10-9-16-66(61-44)54(48)68)49(65(46)21-23-72-39-15-22-75-57(5,6)26-39)42-25-38(28-58-47(42)35(2)70-7)63-19-17-62(18-20-63)37-12-13-37/h11,14,24-25,28,32,34-35,37,39-40,44,48,50-51,61H,9-10,12-13,15-23,26-27,29-31,33H2,1-8H3,(H,60,67)/t34-,35-,39-,44-,48-,50-,51+/m0/s1. The molecule has 412 valence electrons. The van der Waals surface area contributed by atoms with Gasteiger partial charge in [-0.05, 0) is 83.1 Å². The van der Waals surface area contributed by atoms with Gasteiger partial charge in [0.1, 0.15) is 23.2 Å². The Morgan fingerprint density at radius 1 is 1.00 bits per heavy atom. The second kappa shape index (κ2) is 21.9. The van der Waals surface area contributed by atoms with Crippen LogP contribution in [0.25, 0.3) is 33.4 Å². The largest absolute Gasteiger partial charge is 0.464 e. The first-order valence-corrected chi connectivity index (χ1v) is 28.8. The lowest BCUT2D eigenvalue weighted by Crippen LogP contribution is -2.66. The van der Waals surface area contributed by atoms with Crippen molar-refractivity contribution in [3.8, 4) is 22.5 Å². The van der Waals surface area contributed by atoms with Gasteiger partial charge >= 0.3 is 5.97 Å².